The van der Waals surface area contributed by atoms with Gasteiger partial charge < -0.3 is 9.84 Å². The predicted molar refractivity (Wildman–Crippen MR) is 76.3 cm³/mol. The minimum Gasteiger partial charge on any atom is -0.504 e. The fourth-order valence-electron chi connectivity index (χ4n) is 1.86. The lowest BCUT2D eigenvalue weighted by Crippen LogP contribution is -1.98. The summed E-state index contributed by atoms with van der Waals surface area (Å²) in [7, 11) is 0. The maximum absolute atomic E-state index is 9.69. The van der Waals surface area contributed by atoms with Crippen molar-refractivity contribution in [2.24, 2.45) is 0 Å². The lowest BCUT2D eigenvalue weighted by atomic mass is 10.1. The Kier molecular flexibility index (Phi) is 7.00. The summed E-state index contributed by atoms with van der Waals surface area (Å²) in [6.07, 6.45) is 8.70. The molecule has 0 aliphatic carbocycles. The summed E-state index contributed by atoms with van der Waals surface area (Å²) < 4.78 is 5.62. The van der Waals surface area contributed by atoms with Crippen LogP contribution in [0.5, 0.6) is 11.5 Å². The van der Waals surface area contributed by atoms with Gasteiger partial charge in [0.25, 0.3) is 0 Å². The Balaban J connectivity index is 2.36. The maximum atomic E-state index is 9.69. The Hall–Kier alpha value is -1.44. The maximum Gasteiger partial charge on any atom is 0.161 e. The minimum atomic E-state index is 0.219. The van der Waals surface area contributed by atoms with Crippen LogP contribution in [0.2, 0.25) is 0 Å². The first-order chi connectivity index (χ1) is 8.77. The second-order valence-corrected chi connectivity index (χ2v) is 4.56. The average molecular weight is 248 g/mol. The van der Waals surface area contributed by atoms with Gasteiger partial charge >= 0.3 is 0 Å². The third kappa shape index (κ3) is 5.26. The molecule has 18 heavy (non-hydrogen) atoms. The standard InChI is InChI=1S/C16H24O2/c1-3-5-6-7-8-12-18-16-13-14(9-4-2)10-11-15(16)17/h4,10-11,13,17H,2-3,5-9,12H2,1H3. The molecule has 0 spiro atoms. The molecule has 0 radical (unpaired) electrons. The van der Waals surface area contributed by atoms with Gasteiger partial charge in [0.15, 0.2) is 11.5 Å². The molecule has 0 fully saturated rings. The van der Waals surface area contributed by atoms with Gasteiger partial charge in [0, 0.05) is 0 Å². The molecule has 1 aromatic rings. The van der Waals surface area contributed by atoms with Crippen molar-refractivity contribution in [3.05, 3.63) is 36.4 Å². The largest absolute Gasteiger partial charge is 0.504 e. The SMILES string of the molecule is C=CCc1ccc(O)c(OCCCCCCC)c1. The molecule has 100 valence electrons. The van der Waals surface area contributed by atoms with Gasteiger partial charge in [-0.25, -0.2) is 0 Å². The minimum absolute atomic E-state index is 0.219. The fourth-order valence-corrected chi connectivity index (χ4v) is 1.86. The van der Waals surface area contributed by atoms with Gasteiger partial charge in [-0.05, 0) is 30.5 Å². The molecule has 0 saturated carbocycles. The van der Waals surface area contributed by atoms with Crippen LogP contribution in [0.1, 0.15) is 44.6 Å². The summed E-state index contributed by atoms with van der Waals surface area (Å²) in [5.41, 5.74) is 1.11. The van der Waals surface area contributed by atoms with Crippen LogP contribution in [0, 0.1) is 0 Å². The molecule has 0 aliphatic rings. The van der Waals surface area contributed by atoms with Crippen molar-refractivity contribution in [1.82, 2.24) is 0 Å². The number of ether oxygens (including phenoxy) is 1. The Bertz CT molecular complexity index is 358. The van der Waals surface area contributed by atoms with E-state index in [0.717, 1.165) is 18.4 Å². The highest BCUT2D eigenvalue weighted by molar-refractivity contribution is 5.42. The van der Waals surface area contributed by atoms with E-state index in [1.807, 2.05) is 18.2 Å². The number of hydrogen-bond acceptors (Lipinski definition) is 2. The lowest BCUT2D eigenvalue weighted by molar-refractivity contribution is 0.288. The van der Waals surface area contributed by atoms with Crippen molar-refractivity contribution >= 4 is 0 Å². The second-order valence-electron chi connectivity index (χ2n) is 4.56. The molecule has 0 bridgehead atoms. The van der Waals surface area contributed by atoms with Gasteiger partial charge in [-0.1, -0.05) is 44.7 Å². The van der Waals surface area contributed by atoms with Crippen LogP contribution in [-0.2, 0) is 6.42 Å². The van der Waals surface area contributed by atoms with Crippen LogP contribution < -0.4 is 4.74 Å². The molecule has 0 atom stereocenters. The molecular formula is C16H24O2. The van der Waals surface area contributed by atoms with Crippen molar-refractivity contribution in [3.63, 3.8) is 0 Å². The third-order valence-electron chi connectivity index (χ3n) is 2.91. The van der Waals surface area contributed by atoms with Crippen LogP contribution in [0.15, 0.2) is 30.9 Å². The number of aromatic hydroxyl groups is 1. The number of hydrogen-bond donors (Lipinski definition) is 1. The first-order valence-corrected chi connectivity index (χ1v) is 6.83. The summed E-state index contributed by atoms with van der Waals surface area (Å²) in [6, 6.07) is 5.47. The van der Waals surface area contributed by atoms with Crippen molar-refractivity contribution in [3.8, 4) is 11.5 Å². The summed E-state index contributed by atoms with van der Waals surface area (Å²) in [5, 5.41) is 9.69. The van der Waals surface area contributed by atoms with Crippen LogP contribution >= 0.6 is 0 Å². The van der Waals surface area contributed by atoms with E-state index in [1.54, 1.807) is 6.07 Å². The Morgan fingerprint density at radius 3 is 2.72 bits per heavy atom. The Morgan fingerprint density at radius 1 is 1.22 bits per heavy atom. The zero-order valence-corrected chi connectivity index (χ0v) is 11.3. The second kappa shape index (κ2) is 8.62. The average Bonchev–Trinajstić information content (AvgIpc) is 2.37. The first kappa shape index (κ1) is 14.6. The monoisotopic (exact) mass is 248 g/mol. The topological polar surface area (TPSA) is 29.5 Å². The van der Waals surface area contributed by atoms with Gasteiger partial charge in [0.2, 0.25) is 0 Å². The smallest absolute Gasteiger partial charge is 0.161 e. The van der Waals surface area contributed by atoms with Crippen LogP contribution in [0.25, 0.3) is 0 Å². The number of allylic oxidation sites excluding steroid dienone is 1. The lowest BCUT2D eigenvalue weighted by Gasteiger charge is -2.09. The molecule has 0 heterocycles. The van der Waals surface area contributed by atoms with Crippen molar-refractivity contribution < 1.29 is 9.84 Å². The van der Waals surface area contributed by atoms with E-state index in [-0.39, 0.29) is 5.75 Å². The van der Waals surface area contributed by atoms with E-state index in [2.05, 4.69) is 13.5 Å². The highest BCUT2D eigenvalue weighted by atomic mass is 16.5. The molecule has 0 unspecified atom stereocenters. The van der Waals surface area contributed by atoms with Gasteiger partial charge in [-0.3, -0.25) is 0 Å². The van der Waals surface area contributed by atoms with Crippen LogP contribution in [0.4, 0.5) is 0 Å². The normalized spacial score (nSPS) is 10.3. The van der Waals surface area contributed by atoms with Crippen molar-refractivity contribution in [2.45, 2.75) is 45.4 Å². The van der Waals surface area contributed by atoms with E-state index in [1.165, 1.54) is 25.7 Å². The Labute approximate surface area is 110 Å². The Morgan fingerprint density at radius 2 is 2.00 bits per heavy atom. The van der Waals surface area contributed by atoms with Gasteiger partial charge in [-0.2, -0.15) is 0 Å². The molecule has 0 amide bonds. The zero-order valence-electron chi connectivity index (χ0n) is 11.3. The van der Waals surface area contributed by atoms with Gasteiger partial charge in [-0.15, -0.1) is 6.58 Å². The molecular weight excluding hydrogens is 224 g/mol. The molecule has 1 aromatic carbocycles. The number of unbranched alkanes of at least 4 members (excludes halogenated alkanes) is 4. The van der Waals surface area contributed by atoms with E-state index in [9.17, 15) is 5.11 Å². The summed E-state index contributed by atoms with van der Waals surface area (Å²) in [5.74, 6) is 0.807. The molecule has 0 saturated heterocycles. The number of benzene rings is 1. The highest BCUT2D eigenvalue weighted by Crippen LogP contribution is 2.27. The molecule has 1 N–H and O–H groups in total. The highest BCUT2D eigenvalue weighted by Gasteiger charge is 2.03. The van der Waals surface area contributed by atoms with E-state index in [0.29, 0.717) is 12.4 Å². The molecule has 0 aliphatic heterocycles. The van der Waals surface area contributed by atoms with Gasteiger partial charge in [0.1, 0.15) is 0 Å². The molecule has 0 aromatic heterocycles. The summed E-state index contributed by atoms with van der Waals surface area (Å²) in [4.78, 5) is 0. The summed E-state index contributed by atoms with van der Waals surface area (Å²) >= 11 is 0. The van der Waals surface area contributed by atoms with Crippen LogP contribution in [0.3, 0.4) is 0 Å². The van der Waals surface area contributed by atoms with Crippen LogP contribution in [-0.4, -0.2) is 11.7 Å². The predicted octanol–water partition coefficient (Wildman–Crippen LogP) is 4.47. The quantitative estimate of drug-likeness (QED) is 0.516. The number of phenolic OH excluding ortho intramolecular Hbond substituents is 1. The number of rotatable bonds is 9. The van der Waals surface area contributed by atoms with Crippen molar-refractivity contribution in [2.75, 3.05) is 6.61 Å². The molecule has 2 heteroatoms. The summed E-state index contributed by atoms with van der Waals surface area (Å²) in [6.45, 7) is 6.59. The zero-order chi connectivity index (χ0) is 13.2. The molecule has 1 rings (SSSR count). The molecule has 2 nitrogen and oxygen atoms in total. The fraction of sp³-hybridized carbons (Fsp3) is 0.500. The van der Waals surface area contributed by atoms with Crippen molar-refractivity contribution in [1.29, 1.82) is 0 Å². The van der Waals surface area contributed by atoms with E-state index < -0.39 is 0 Å². The van der Waals surface area contributed by atoms with E-state index in [4.69, 9.17) is 4.74 Å². The number of phenols is 1. The third-order valence-corrected chi connectivity index (χ3v) is 2.91. The first-order valence-electron chi connectivity index (χ1n) is 6.83. The van der Waals surface area contributed by atoms with Gasteiger partial charge in [0.05, 0.1) is 6.61 Å². The van der Waals surface area contributed by atoms with E-state index >= 15 is 0 Å².